The number of carbonyl (C=O) groups is 1. The van der Waals surface area contributed by atoms with Crippen LogP contribution in [-0.4, -0.2) is 25.0 Å². The molecule has 0 atom stereocenters. The Morgan fingerprint density at radius 1 is 0.618 bits per heavy atom. The molecule has 0 saturated carbocycles. The van der Waals surface area contributed by atoms with Gasteiger partial charge in [0.25, 0.3) is 0 Å². The molecule has 2 N–H and O–H groups in total. The molecule has 0 aromatic rings. The molecule has 0 fully saturated rings. The first-order chi connectivity index (χ1) is 16.2. The van der Waals surface area contributed by atoms with Crippen LogP contribution in [0.3, 0.4) is 0 Å². The molecule has 0 aliphatic carbocycles. The monoisotopic (exact) mass is 500 g/mol. The maximum atomic E-state index is 11.9. The second-order valence-corrected chi connectivity index (χ2v) is 9.92. The Balaban J connectivity index is 0. The van der Waals surface area contributed by atoms with Crippen molar-refractivity contribution in [3.8, 4) is 0 Å². The zero-order chi connectivity index (χ0) is 24.2. The van der Waals surface area contributed by atoms with Gasteiger partial charge in [-0.05, 0) is 57.9 Å². The highest BCUT2D eigenvalue weighted by atomic mass is 35.5. The van der Waals surface area contributed by atoms with Crippen LogP contribution in [0.25, 0.3) is 0 Å². The number of nitrogens with one attached hydrogen (secondary N) is 2. The summed E-state index contributed by atoms with van der Waals surface area (Å²) < 4.78 is 0. The Bertz CT molecular complexity index is 424. The van der Waals surface area contributed by atoms with E-state index < -0.39 is 0 Å². The number of unbranched alkanes of at least 4 members (excludes halogenated alkanes) is 15. The first-order valence-electron chi connectivity index (χ1n) is 14.9. The molecule has 0 aromatic carbocycles. The Morgan fingerprint density at radius 3 is 1.59 bits per heavy atom. The molecule has 204 valence electrons. The third-order valence-electron chi connectivity index (χ3n) is 6.76. The second kappa shape index (κ2) is 30.5. The van der Waals surface area contributed by atoms with Gasteiger partial charge >= 0.3 is 0 Å². The first kappa shape index (κ1) is 35.6. The highest BCUT2D eigenvalue weighted by molar-refractivity contribution is 5.85. The van der Waals surface area contributed by atoms with Gasteiger partial charge in [-0.25, -0.2) is 0 Å². The van der Waals surface area contributed by atoms with Gasteiger partial charge in [-0.2, -0.15) is 0 Å². The fourth-order valence-electron chi connectivity index (χ4n) is 4.35. The minimum absolute atomic E-state index is 0. The molecular weight excluding hydrogens is 440 g/mol. The Morgan fingerprint density at radius 2 is 1.09 bits per heavy atom. The van der Waals surface area contributed by atoms with E-state index in [-0.39, 0.29) is 18.3 Å². The zero-order valence-corrected chi connectivity index (χ0v) is 24.1. The van der Waals surface area contributed by atoms with Crippen molar-refractivity contribution in [2.24, 2.45) is 0 Å². The molecule has 0 rings (SSSR count). The van der Waals surface area contributed by atoms with Crippen LogP contribution in [0.4, 0.5) is 0 Å². The molecule has 0 radical (unpaired) electrons. The maximum absolute atomic E-state index is 11.9. The Kier molecular flexibility index (Phi) is 31.9. The van der Waals surface area contributed by atoms with Crippen molar-refractivity contribution in [3.63, 3.8) is 0 Å². The van der Waals surface area contributed by atoms with Crippen LogP contribution in [0.2, 0.25) is 0 Å². The molecule has 0 unspecified atom stereocenters. The standard InChI is InChI=1S/C30H60N2O.ClH/c1-4-7-8-9-10-11-12-13-14-15-16-17-18-19-20-21-22-23-24-26-30(33)32-28-25-27-31-29(5-2)6-3;/h13-14,29,31H,4-12,15-28H2,1-3H3,(H,32,33);1H/b14-13-;. The van der Waals surface area contributed by atoms with Crippen molar-refractivity contribution < 1.29 is 4.79 Å². The van der Waals surface area contributed by atoms with E-state index in [1.165, 1.54) is 116 Å². The predicted octanol–water partition coefficient (Wildman–Crippen LogP) is 9.29. The SMILES string of the molecule is CCCCCCCC/C=C\CCCCCCCCCCCC(=O)NCCCNC(CC)CC.Cl. The van der Waals surface area contributed by atoms with E-state index in [4.69, 9.17) is 0 Å². The van der Waals surface area contributed by atoms with Gasteiger partial charge in [-0.15, -0.1) is 12.4 Å². The maximum Gasteiger partial charge on any atom is 0.219 e. The third kappa shape index (κ3) is 27.7. The van der Waals surface area contributed by atoms with Crippen LogP contribution in [0, 0.1) is 0 Å². The molecule has 0 aromatic heterocycles. The van der Waals surface area contributed by atoms with Crippen LogP contribution in [0.15, 0.2) is 12.2 Å². The summed E-state index contributed by atoms with van der Waals surface area (Å²) in [6.45, 7) is 8.54. The number of amides is 1. The molecule has 0 aliphatic rings. The smallest absolute Gasteiger partial charge is 0.219 e. The van der Waals surface area contributed by atoms with Crippen LogP contribution in [-0.2, 0) is 4.79 Å². The fraction of sp³-hybridized carbons (Fsp3) is 0.900. The van der Waals surface area contributed by atoms with Crippen LogP contribution < -0.4 is 10.6 Å². The average Bonchev–Trinajstić information content (AvgIpc) is 2.83. The number of hydrogen-bond acceptors (Lipinski definition) is 2. The molecule has 0 spiro atoms. The van der Waals surface area contributed by atoms with Crippen LogP contribution in [0.1, 0.15) is 156 Å². The Hall–Kier alpha value is -0.540. The van der Waals surface area contributed by atoms with Crippen molar-refractivity contribution in [2.75, 3.05) is 13.1 Å². The lowest BCUT2D eigenvalue weighted by Crippen LogP contribution is -2.31. The highest BCUT2D eigenvalue weighted by Crippen LogP contribution is 2.12. The molecular formula is C30H61ClN2O. The van der Waals surface area contributed by atoms with Crippen LogP contribution in [0.5, 0.6) is 0 Å². The summed E-state index contributed by atoms with van der Waals surface area (Å²) in [6.07, 6.45) is 31.6. The van der Waals surface area contributed by atoms with E-state index in [1.807, 2.05) is 0 Å². The summed E-state index contributed by atoms with van der Waals surface area (Å²) in [5.41, 5.74) is 0. The lowest BCUT2D eigenvalue weighted by Gasteiger charge is -2.14. The molecule has 4 heteroatoms. The van der Waals surface area contributed by atoms with Gasteiger partial charge < -0.3 is 10.6 Å². The highest BCUT2D eigenvalue weighted by Gasteiger charge is 2.03. The van der Waals surface area contributed by atoms with Crippen molar-refractivity contribution in [1.82, 2.24) is 10.6 Å². The van der Waals surface area contributed by atoms with Gasteiger partial charge in [0.15, 0.2) is 0 Å². The van der Waals surface area contributed by atoms with Crippen molar-refractivity contribution >= 4 is 18.3 Å². The van der Waals surface area contributed by atoms with Crippen LogP contribution >= 0.6 is 12.4 Å². The second-order valence-electron chi connectivity index (χ2n) is 9.92. The van der Waals surface area contributed by atoms with Gasteiger partial charge in [0.1, 0.15) is 0 Å². The minimum atomic E-state index is 0. The minimum Gasteiger partial charge on any atom is -0.356 e. The molecule has 0 bridgehead atoms. The summed E-state index contributed by atoms with van der Waals surface area (Å²) in [5, 5.41) is 6.61. The average molecular weight is 501 g/mol. The summed E-state index contributed by atoms with van der Waals surface area (Å²) in [5.74, 6) is 0.235. The number of hydrogen-bond donors (Lipinski definition) is 2. The fourth-order valence-corrected chi connectivity index (χ4v) is 4.35. The molecule has 0 saturated heterocycles. The van der Waals surface area contributed by atoms with E-state index in [9.17, 15) is 4.79 Å². The zero-order valence-electron chi connectivity index (χ0n) is 23.3. The van der Waals surface area contributed by atoms with Gasteiger partial charge in [0, 0.05) is 19.0 Å². The lowest BCUT2D eigenvalue weighted by molar-refractivity contribution is -0.121. The third-order valence-corrected chi connectivity index (χ3v) is 6.76. The van der Waals surface area contributed by atoms with Gasteiger partial charge in [-0.1, -0.05) is 110 Å². The van der Waals surface area contributed by atoms with Gasteiger partial charge in [-0.3, -0.25) is 4.79 Å². The van der Waals surface area contributed by atoms with Gasteiger partial charge in [0.05, 0.1) is 0 Å². The number of halogens is 1. The summed E-state index contributed by atoms with van der Waals surface area (Å²) in [7, 11) is 0. The summed E-state index contributed by atoms with van der Waals surface area (Å²) >= 11 is 0. The van der Waals surface area contributed by atoms with E-state index in [2.05, 4.69) is 43.6 Å². The first-order valence-corrected chi connectivity index (χ1v) is 14.9. The van der Waals surface area contributed by atoms with E-state index in [0.717, 1.165) is 25.9 Å². The van der Waals surface area contributed by atoms with Crippen molar-refractivity contribution in [3.05, 3.63) is 12.2 Å². The molecule has 0 aliphatic heterocycles. The van der Waals surface area contributed by atoms with E-state index in [0.29, 0.717) is 12.5 Å². The van der Waals surface area contributed by atoms with E-state index >= 15 is 0 Å². The number of allylic oxidation sites excluding steroid dienone is 2. The van der Waals surface area contributed by atoms with Crippen molar-refractivity contribution in [2.45, 2.75) is 162 Å². The largest absolute Gasteiger partial charge is 0.356 e. The number of rotatable bonds is 26. The lowest BCUT2D eigenvalue weighted by atomic mass is 10.1. The quantitative estimate of drug-likeness (QED) is 0.0916. The predicted molar refractivity (Wildman–Crippen MR) is 155 cm³/mol. The molecule has 3 nitrogen and oxygen atoms in total. The van der Waals surface area contributed by atoms with Gasteiger partial charge in [0.2, 0.25) is 5.91 Å². The summed E-state index contributed by atoms with van der Waals surface area (Å²) in [6, 6.07) is 0.627. The normalized spacial score (nSPS) is 11.3. The summed E-state index contributed by atoms with van der Waals surface area (Å²) in [4.78, 5) is 11.9. The Labute approximate surface area is 220 Å². The molecule has 0 heterocycles. The van der Waals surface area contributed by atoms with Crippen molar-refractivity contribution in [1.29, 1.82) is 0 Å². The molecule has 34 heavy (non-hydrogen) atoms. The topological polar surface area (TPSA) is 41.1 Å². The molecule has 1 amide bonds. The number of carbonyl (C=O) groups excluding carboxylic acids is 1. The van der Waals surface area contributed by atoms with E-state index in [1.54, 1.807) is 0 Å².